The van der Waals surface area contributed by atoms with Crippen molar-refractivity contribution in [3.8, 4) is 0 Å². The van der Waals surface area contributed by atoms with Gasteiger partial charge < -0.3 is 23.4 Å². The maximum absolute atomic E-state index is 10.7. The lowest BCUT2D eigenvalue weighted by atomic mass is 10.2. The number of hydrogen-bond donors (Lipinski definition) is 0. The summed E-state index contributed by atoms with van der Waals surface area (Å²) < 4.78 is 28.2. The van der Waals surface area contributed by atoms with Crippen LogP contribution in [-0.2, 0) is 28.2 Å². The van der Waals surface area contributed by atoms with Crippen molar-refractivity contribution in [2.24, 2.45) is 0 Å². The molecule has 0 spiro atoms. The minimum absolute atomic E-state index is 0.0473. The zero-order valence-corrected chi connectivity index (χ0v) is 21.4. The molecule has 0 saturated carbocycles. The molecule has 0 amide bonds. The van der Waals surface area contributed by atoms with Gasteiger partial charge in [0.1, 0.15) is 6.61 Å². The van der Waals surface area contributed by atoms with Gasteiger partial charge in [0.05, 0.1) is 46.2 Å². The third kappa shape index (κ3) is 8.68. The van der Waals surface area contributed by atoms with Crippen molar-refractivity contribution in [1.29, 1.82) is 0 Å². The number of carbonyl (C=O) groups is 1. The van der Waals surface area contributed by atoms with Gasteiger partial charge in [0.2, 0.25) is 0 Å². The van der Waals surface area contributed by atoms with E-state index in [1.807, 2.05) is 12.1 Å². The van der Waals surface area contributed by atoms with Crippen LogP contribution in [0.15, 0.2) is 60.7 Å². The summed E-state index contributed by atoms with van der Waals surface area (Å²) in [7, 11) is -2.51. The van der Waals surface area contributed by atoms with Crippen LogP contribution < -0.4 is 10.4 Å². The predicted molar refractivity (Wildman–Crippen MR) is 133 cm³/mol. The van der Waals surface area contributed by atoms with E-state index in [0.29, 0.717) is 46.2 Å². The summed E-state index contributed by atoms with van der Waals surface area (Å²) in [5.41, 5.74) is 0. The molecule has 0 unspecified atom stereocenters. The smallest absolute Gasteiger partial charge is 0.302 e. The molecule has 0 radical (unpaired) electrons. The molecular weight excluding hydrogens is 436 g/mol. The van der Waals surface area contributed by atoms with Crippen molar-refractivity contribution in [2.75, 3.05) is 52.9 Å². The Hall–Kier alpha value is -2.03. The lowest BCUT2D eigenvalue weighted by Gasteiger charge is -2.43. The first-order valence-electron chi connectivity index (χ1n) is 11.5. The molecular formula is C26H38O6Si. The summed E-state index contributed by atoms with van der Waals surface area (Å²) in [6, 6.07) is 21.2. The van der Waals surface area contributed by atoms with Crippen LogP contribution >= 0.6 is 0 Å². The Kier molecular flexibility index (Phi) is 11.8. The Balaban J connectivity index is 1.79. The molecule has 0 N–H and O–H groups in total. The fourth-order valence-corrected chi connectivity index (χ4v) is 8.35. The Morgan fingerprint density at radius 3 is 1.45 bits per heavy atom. The molecule has 7 heteroatoms. The van der Waals surface area contributed by atoms with E-state index < -0.39 is 8.32 Å². The summed E-state index contributed by atoms with van der Waals surface area (Å²) in [5.74, 6) is -0.300. The molecule has 0 aliphatic rings. The fraction of sp³-hybridized carbons (Fsp3) is 0.500. The topological polar surface area (TPSA) is 63.2 Å². The predicted octanol–water partition coefficient (Wildman–Crippen LogP) is 3.18. The summed E-state index contributed by atoms with van der Waals surface area (Å²) in [6.07, 6.45) is 0. The molecule has 0 heterocycles. The Morgan fingerprint density at radius 1 is 0.667 bits per heavy atom. The Morgan fingerprint density at radius 2 is 1.06 bits per heavy atom. The van der Waals surface area contributed by atoms with Crippen molar-refractivity contribution in [2.45, 2.75) is 32.7 Å². The highest BCUT2D eigenvalue weighted by Gasteiger charge is 2.49. The van der Waals surface area contributed by atoms with Crippen LogP contribution in [0.2, 0.25) is 5.04 Å². The second-order valence-electron chi connectivity index (χ2n) is 8.69. The van der Waals surface area contributed by atoms with Gasteiger partial charge in [-0.05, 0) is 15.4 Å². The van der Waals surface area contributed by atoms with E-state index in [1.54, 1.807) is 0 Å². The van der Waals surface area contributed by atoms with E-state index in [-0.39, 0.29) is 17.6 Å². The largest absolute Gasteiger partial charge is 0.463 e. The van der Waals surface area contributed by atoms with Crippen LogP contribution in [0.5, 0.6) is 0 Å². The van der Waals surface area contributed by atoms with E-state index in [4.69, 9.17) is 23.4 Å². The third-order valence-corrected chi connectivity index (χ3v) is 10.3. The number of carbonyl (C=O) groups excluding carboxylic acids is 1. The normalized spacial score (nSPS) is 12.0. The van der Waals surface area contributed by atoms with Crippen molar-refractivity contribution in [1.82, 2.24) is 0 Å². The van der Waals surface area contributed by atoms with E-state index in [1.165, 1.54) is 17.3 Å². The fourth-order valence-electron chi connectivity index (χ4n) is 3.80. The standard InChI is InChI=1S/C26H38O6Si/c1-23(27)31-21-19-29-17-15-28-16-18-30-20-22-32-33(26(2,3)4,24-11-7-5-8-12-24)25-13-9-6-10-14-25/h5-14H,15-22H2,1-4H3. The van der Waals surface area contributed by atoms with Crippen LogP contribution in [0.3, 0.4) is 0 Å². The quantitative estimate of drug-likeness (QED) is 0.224. The number of esters is 1. The van der Waals surface area contributed by atoms with Crippen molar-refractivity contribution < 1.29 is 28.2 Å². The van der Waals surface area contributed by atoms with E-state index in [0.717, 1.165) is 0 Å². The Labute approximate surface area is 199 Å². The molecule has 0 fully saturated rings. The van der Waals surface area contributed by atoms with E-state index in [2.05, 4.69) is 69.3 Å². The summed E-state index contributed by atoms with van der Waals surface area (Å²) in [6.45, 7) is 11.8. The molecule has 0 atom stereocenters. The maximum Gasteiger partial charge on any atom is 0.302 e. The van der Waals surface area contributed by atoms with Gasteiger partial charge in [0.15, 0.2) is 0 Å². The second-order valence-corrected chi connectivity index (χ2v) is 13.0. The van der Waals surface area contributed by atoms with Crippen LogP contribution in [-0.4, -0.2) is 67.1 Å². The van der Waals surface area contributed by atoms with Gasteiger partial charge in [0, 0.05) is 6.92 Å². The van der Waals surface area contributed by atoms with Crippen molar-refractivity contribution in [3.05, 3.63) is 60.7 Å². The van der Waals surface area contributed by atoms with Gasteiger partial charge in [0.25, 0.3) is 8.32 Å². The third-order valence-electron chi connectivity index (χ3n) is 5.24. The van der Waals surface area contributed by atoms with Crippen LogP contribution in [0, 0.1) is 0 Å². The minimum Gasteiger partial charge on any atom is -0.463 e. The van der Waals surface area contributed by atoms with Gasteiger partial charge in [-0.25, -0.2) is 0 Å². The van der Waals surface area contributed by atoms with Crippen LogP contribution in [0.25, 0.3) is 0 Å². The zero-order valence-electron chi connectivity index (χ0n) is 20.4. The summed E-state index contributed by atoms with van der Waals surface area (Å²) >= 11 is 0. The lowest BCUT2D eigenvalue weighted by molar-refractivity contribution is -0.142. The number of rotatable bonds is 15. The molecule has 182 valence electrons. The summed E-state index contributed by atoms with van der Waals surface area (Å²) in [4.78, 5) is 10.7. The number of ether oxygens (including phenoxy) is 4. The molecule has 0 saturated heterocycles. The first kappa shape index (κ1) is 27.2. The molecule has 0 aliphatic carbocycles. The van der Waals surface area contributed by atoms with Gasteiger partial charge in [-0.15, -0.1) is 0 Å². The van der Waals surface area contributed by atoms with Crippen LogP contribution in [0.1, 0.15) is 27.7 Å². The molecule has 2 aromatic carbocycles. The summed E-state index contributed by atoms with van der Waals surface area (Å²) in [5, 5.41) is 2.48. The van der Waals surface area contributed by atoms with Gasteiger partial charge in [-0.3, -0.25) is 4.79 Å². The van der Waals surface area contributed by atoms with Crippen LogP contribution in [0.4, 0.5) is 0 Å². The first-order chi connectivity index (χ1) is 15.9. The molecule has 0 bridgehead atoms. The minimum atomic E-state index is -2.51. The van der Waals surface area contributed by atoms with E-state index >= 15 is 0 Å². The molecule has 2 aromatic rings. The van der Waals surface area contributed by atoms with Gasteiger partial charge >= 0.3 is 5.97 Å². The van der Waals surface area contributed by atoms with Crippen molar-refractivity contribution >= 4 is 24.7 Å². The van der Waals surface area contributed by atoms with E-state index in [9.17, 15) is 4.79 Å². The molecule has 0 aromatic heterocycles. The zero-order chi connectivity index (χ0) is 24.0. The number of benzene rings is 2. The molecule has 2 rings (SSSR count). The SMILES string of the molecule is CC(=O)OCCOCCOCCOCCO[Si](c1ccccc1)(c1ccccc1)C(C)(C)C. The van der Waals surface area contributed by atoms with Crippen molar-refractivity contribution in [3.63, 3.8) is 0 Å². The monoisotopic (exact) mass is 474 g/mol. The molecule has 33 heavy (non-hydrogen) atoms. The second kappa shape index (κ2) is 14.3. The average molecular weight is 475 g/mol. The highest BCUT2D eigenvalue weighted by molar-refractivity contribution is 6.99. The first-order valence-corrected chi connectivity index (χ1v) is 13.4. The van der Waals surface area contributed by atoms with Gasteiger partial charge in [-0.2, -0.15) is 0 Å². The molecule has 0 aliphatic heterocycles. The highest BCUT2D eigenvalue weighted by atomic mass is 28.4. The molecule has 6 nitrogen and oxygen atoms in total. The maximum atomic E-state index is 10.7. The highest BCUT2D eigenvalue weighted by Crippen LogP contribution is 2.36. The Bertz CT molecular complexity index is 752. The average Bonchev–Trinajstić information content (AvgIpc) is 2.79. The number of hydrogen-bond acceptors (Lipinski definition) is 6. The lowest BCUT2D eigenvalue weighted by Crippen LogP contribution is -2.66. The van der Waals surface area contributed by atoms with Gasteiger partial charge in [-0.1, -0.05) is 81.4 Å².